The van der Waals surface area contributed by atoms with Crippen molar-refractivity contribution in [1.82, 2.24) is 14.8 Å². The van der Waals surface area contributed by atoms with E-state index in [1.807, 2.05) is 0 Å². The molecule has 16 heavy (non-hydrogen) atoms. The third-order valence-corrected chi connectivity index (χ3v) is 2.06. The standard InChI is InChI=1S/C9H15F2N3O2/c1-14-9(12-6-13-14)4-7(15)2-3-16-5-8(10)11/h6-8,15H,2-5H2,1H3. The van der Waals surface area contributed by atoms with Gasteiger partial charge in [0.2, 0.25) is 0 Å². The minimum absolute atomic E-state index is 0.114. The fraction of sp³-hybridized carbons (Fsp3) is 0.778. The normalized spacial score (nSPS) is 13.3. The molecule has 0 amide bonds. The van der Waals surface area contributed by atoms with Gasteiger partial charge in [0, 0.05) is 20.1 Å². The molecule has 1 N–H and O–H groups in total. The molecule has 7 heteroatoms. The van der Waals surface area contributed by atoms with Crippen molar-refractivity contribution in [3.8, 4) is 0 Å². The van der Waals surface area contributed by atoms with Crippen LogP contribution >= 0.6 is 0 Å². The zero-order valence-electron chi connectivity index (χ0n) is 9.01. The van der Waals surface area contributed by atoms with Gasteiger partial charge in [-0.05, 0) is 6.42 Å². The van der Waals surface area contributed by atoms with Crippen LogP contribution in [0.2, 0.25) is 0 Å². The van der Waals surface area contributed by atoms with Crippen LogP contribution in [-0.2, 0) is 18.2 Å². The summed E-state index contributed by atoms with van der Waals surface area (Å²) in [7, 11) is 1.72. The van der Waals surface area contributed by atoms with Gasteiger partial charge in [-0.3, -0.25) is 4.68 Å². The number of hydrogen-bond donors (Lipinski definition) is 1. The number of aliphatic hydroxyl groups is 1. The third-order valence-electron chi connectivity index (χ3n) is 2.06. The molecule has 0 aliphatic heterocycles. The topological polar surface area (TPSA) is 60.2 Å². The zero-order valence-corrected chi connectivity index (χ0v) is 9.01. The Morgan fingerprint density at radius 1 is 1.56 bits per heavy atom. The lowest BCUT2D eigenvalue weighted by molar-refractivity contribution is 0.00487. The third kappa shape index (κ3) is 4.63. The number of ether oxygens (including phenoxy) is 1. The van der Waals surface area contributed by atoms with Gasteiger partial charge in [0.05, 0.1) is 6.10 Å². The largest absolute Gasteiger partial charge is 0.393 e. The molecule has 1 unspecified atom stereocenters. The molecular formula is C9H15F2N3O2. The van der Waals surface area contributed by atoms with Gasteiger partial charge < -0.3 is 9.84 Å². The van der Waals surface area contributed by atoms with E-state index in [2.05, 4.69) is 14.8 Å². The first-order valence-corrected chi connectivity index (χ1v) is 4.96. The van der Waals surface area contributed by atoms with E-state index >= 15 is 0 Å². The van der Waals surface area contributed by atoms with Gasteiger partial charge in [0.1, 0.15) is 18.8 Å². The van der Waals surface area contributed by atoms with E-state index in [0.29, 0.717) is 18.7 Å². The van der Waals surface area contributed by atoms with Gasteiger partial charge in [-0.1, -0.05) is 0 Å². The summed E-state index contributed by atoms with van der Waals surface area (Å²) < 4.78 is 29.6. The SMILES string of the molecule is Cn1ncnc1CC(O)CCOCC(F)F. The molecule has 0 saturated heterocycles. The number of hydrogen-bond acceptors (Lipinski definition) is 4. The number of aromatic nitrogens is 3. The second kappa shape index (κ2) is 6.49. The van der Waals surface area contributed by atoms with E-state index in [1.165, 1.54) is 6.33 Å². The first-order valence-electron chi connectivity index (χ1n) is 4.96. The summed E-state index contributed by atoms with van der Waals surface area (Å²) in [5.41, 5.74) is 0. The van der Waals surface area contributed by atoms with E-state index in [9.17, 15) is 13.9 Å². The Balaban J connectivity index is 2.16. The number of rotatable bonds is 7. The van der Waals surface area contributed by atoms with Gasteiger partial charge in [0.15, 0.2) is 0 Å². The molecule has 1 atom stereocenters. The Hall–Kier alpha value is -1.08. The van der Waals surface area contributed by atoms with Gasteiger partial charge in [-0.15, -0.1) is 0 Å². The molecule has 5 nitrogen and oxygen atoms in total. The number of alkyl halides is 2. The quantitative estimate of drug-likeness (QED) is 0.694. The maximum absolute atomic E-state index is 11.7. The highest BCUT2D eigenvalue weighted by Gasteiger charge is 2.10. The molecule has 0 aromatic carbocycles. The molecule has 0 spiro atoms. The Bertz CT molecular complexity index is 307. The first-order chi connectivity index (χ1) is 7.59. The van der Waals surface area contributed by atoms with Crippen LogP contribution in [0.4, 0.5) is 8.78 Å². The van der Waals surface area contributed by atoms with Gasteiger partial charge in [-0.25, -0.2) is 13.8 Å². The fourth-order valence-electron chi connectivity index (χ4n) is 1.21. The lowest BCUT2D eigenvalue weighted by Crippen LogP contribution is -2.17. The highest BCUT2D eigenvalue weighted by Crippen LogP contribution is 2.02. The zero-order chi connectivity index (χ0) is 12.0. The summed E-state index contributed by atoms with van der Waals surface area (Å²) in [6.45, 7) is -0.472. The Morgan fingerprint density at radius 3 is 2.88 bits per heavy atom. The number of halogens is 2. The molecule has 0 aliphatic rings. The molecule has 1 rings (SSSR count). The maximum atomic E-state index is 11.7. The second-order valence-corrected chi connectivity index (χ2v) is 3.41. The second-order valence-electron chi connectivity index (χ2n) is 3.41. The van der Waals surface area contributed by atoms with Gasteiger partial charge in [-0.2, -0.15) is 5.10 Å². The van der Waals surface area contributed by atoms with E-state index in [1.54, 1.807) is 11.7 Å². The van der Waals surface area contributed by atoms with Crippen molar-refractivity contribution in [2.24, 2.45) is 7.05 Å². The predicted octanol–water partition coefficient (Wildman–Crippen LogP) is 0.390. The molecule has 1 aromatic heterocycles. The van der Waals surface area contributed by atoms with Gasteiger partial charge in [0.25, 0.3) is 6.43 Å². The van der Waals surface area contributed by atoms with Crippen molar-refractivity contribution in [1.29, 1.82) is 0 Å². The molecule has 1 aromatic rings. The number of aryl methyl sites for hydroxylation is 1. The number of aliphatic hydroxyl groups excluding tert-OH is 1. The summed E-state index contributed by atoms with van der Waals surface area (Å²) in [5, 5.41) is 13.4. The van der Waals surface area contributed by atoms with Gasteiger partial charge >= 0.3 is 0 Å². The van der Waals surface area contributed by atoms with Crippen LogP contribution in [0, 0.1) is 0 Å². The summed E-state index contributed by atoms with van der Waals surface area (Å²) >= 11 is 0. The average molecular weight is 235 g/mol. The van der Waals surface area contributed by atoms with E-state index in [-0.39, 0.29) is 6.61 Å². The van der Waals surface area contributed by atoms with Crippen molar-refractivity contribution in [2.75, 3.05) is 13.2 Å². The van der Waals surface area contributed by atoms with Crippen LogP contribution in [0.25, 0.3) is 0 Å². The lowest BCUT2D eigenvalue weighted by Gasteiger charge is -2.10. The molecule has 0 fully saturated rings. The van der Waals surface area contributed by atoms with Crippen molar-refractivity contribution in [2.45, 2.75) is 25.4 Å². The smallest absolute Gasteiger partial charge is 0.261 e. The van der Waals surface area contributed by atoms with Crippen LogP contribution in [-0.4, -0.2) is 45.6 Å². The fourth-order valence-corrected chi connectivity index (χ4v) is 1.21. The highest BCUT2D eigenvalue weighted by atomic mass is 19.3. The van der Waals surface area contributed by atoms with Crippen molar-refractivity contribution in [3.63, 3.8) is 0 Å². The molecule has 0 aliphatic carbocycles. The Kier molecular flexibility index (Phi) is 5.27. The Labute approximate surface area is 92.1 Å². The lowest BCUT2D eigenvalue weighted by atomic mass is 10.2. The molecule has 1 heterocycles. The minimum Gasteiger partial charge on any atom is -0.393 e. The van der Waals surface area contributed by atoms with E-state index in [0.717, 1.165) is 0 Å². The molecule has 0 radical (unpaired) electrons. The summed E-state index contributed by atoms with van der Waals surface area (Å²) in [6.07, 6.45) is -1.07. The molecule has 0 bridgehead atoms. The van der Waals surface area contributed by atoms with Crippen LogP contribution in [0.15, 0.2) is 6.33 Å². The Morgan fingerprint density at radius 2 is 2.31 bits per heavy atom. The maximum Gasteiger partial charge on any atom is 0.261 e. The minimum atomic E-state index is -2.46. The monoisotopic (exact) mass is 235 g/mol. The van der Waals surface area contributed by atoms with E-state index < -0.39 is 19.1 Å². The first kappa shape index (κ1) is 13.0. The van der Waals surface area contributed by atoms with Crippen molar-refractivity contribution in [3.05, 3.63) is 12.2 Å². The summed E-state index contributed by atoms with van der Waals surface area (Å²) in [5.74, 6) is 0.654. The molecule has 0 saturated carbocycles. The predicted molar refractivity (Wildman–Crippen MR) is 52.2 cm³/mol. The van der Waals surface area contributed by atoms with Crippen molar-refractivity contribution < 1.29 is 18.6 Å². The van der Waals surface area contributed by atoms with Crippen LogP contribution in [0.3, 0.4) is 0 Å². The van der Waals surface area contributed by atoms with Crippen molar-refractivity contribution >= 4 is 0 Å². The summed E-state index contributed by atoms with van der Waals surface area (Å²) in [4.78, 5) is 3.94. The average Bonchev–Trinajstić information content (AvgIpc) is 2.59. The number of nitrogens with zero attached hydrogens (tertiary/aromatic N) is 3. The van der Waals surface area contributed by atoms with Crippen LogP contribution < -0.4 is 0 Å². The van der Waals surface area contributed by atoms with Crippen LogP contribution in [0.1, 0.15) is 12.2 Å². The molecular weight excluding hydrogens is 220 g/mol. The summed E-state index contributed by atoms with van der Waals surface area (Å²) in [6, 6.07) is 0. The molecule has 92 valence electrons. The van der Waals surface area contributed by atoms with Crippen LogP contribution in [0.5, 0.6) is 0 Å². The highest BCUT2D eigenvalue weighted by molar-refractivity contribution is 4.86. The van der Waals surface area contributed by atoms with E-state index in [4.69, 9.17) is 0 Å².